The van der Waals surface area contributed by atoms with E-state index in [4.69, 9.17) is 0 Å². The summed E-state index contributed by atoms with van der Waals surface area (Å²) in [6, 6.07) is 2.18. The maximum Gasteiger partial charge on any atom is 0.0285 e. The highest BCUT2D eigenvalue weighted by Crippen LogP contribution is 2.20. The Bertz CT molecular complexity index is 294. The first-order valence-electron chi connectivity index (χ1n) is 5.41. The van der Waals surface area contributed by atoms with Gasteiger partial charge in [0, 0.05) is 14.7 Å². The summed E-state index contributed by atoms with van der Waals surface area (Å²) in [5.74, 6) is 0. The molecule has 0 aliphatic carbocycles. The smallest absolute Gasteiger partial charge is 0.0285 e. The number of allylic oxidation sites excluding steroid dienone is 1. The maximum atomic E-state index is 3.46. The number of hydrogen-bond donors (Lipinski definition) is 1. The van der Waals surface area contributed by atoms with Gasteiger partial charge in [0.15, 0.2) is 0 Å². The van der Waals surface area contributed by atoms with E-state index in [1.165, 1.54) is 15.8 Å². The number of thiophene rings is 1. The number of rotatable bonds is 7. The third-order valence-electron chi connectivity index (χ3n) is 2.02. The third-order valence-corrected chi connectivity index (χ3v) is 3.74. The van der Waals surface area contributed by atoms with Crippen molar-refractivity contribution in [3.63, 3.8) is 0 Å². The Kier molecular flexibility index (Phi) is 6.98. The van der Waals surface area contributed by atoms with Crippen LogP contribution in [-0.2, 0) is 6.42 Å². The van der Waals surface area contributed by atoms with E-state index < -0.39 is 0 Å². The molecule has 0 saturated carbocycles. The second kappa shape index (κ2) is 8.08. The molecule has 0 bridgehead atoms. The van der Waals surface area contributed by atoms with Crippen molar-refractivity contribution < 1.29 is 0 Å². The van der Waals surface area contributed by atoms with Gasteiger partial charge in [0.25, 0.3) is 0 Å². The van der Waals surface area contributed by atoms with Crippen LogP contribution in [0.2, 0.25) is 0 Å². The lowest BCUT2D eigenvalue weighted by Crippen LogP contribution is -2.14. The van der Waals surface area contributed by atoms with Crippen molar-refractivity contribution in [2.24, 2.45) is 0 Å². The van der Waals surface area contributed by atoms with Crippen LogP contribution in [0, 0.1) is 0 Å². The van der Waals surface area contributed by atoms with E-state index in [1.807, 2.05) is 11.3 Å². The van der Waals surface area contributed by atoms with Gasteiger partial charge in [-0.3, -0.25) is 0 Å². The van der Waals surface area contributed by atoms with E-state index in [9.17, 15) is 0 Å². The predicted molar refractivity (Wildman–Crippen MR) is 72.6 cm³/mol. The van der Waals surface area contributed by atoms with E-state index in [1.54, 1.807) is 0 Å². The minimum Gasteiger partial charge on any atom is -0.316 e. The molecule has 0 saturated heterocycles. The average Bonchev–Trinajstić information content (AvgIpc) is 2.63. The molecule has 0 fully saturated rings. The molecule has 0 unspecified atom stereocenters. The van der Waals surface area contributed by atoms with Crippen molar-refractivity contribution in [2.45, 2.75) is 26.2 Å². The fourth-order valence-corrected chi connectivity index (χ4v) is 2.69. The van der Waals surface area contributed by atoms with E-state index in [-0.39, 0.29) is 0 Å². The molecule has 1 heterocycles. The van der Waals surface area contributed by atoms with Gasteiger partial charge in [-0.05, 0) is 54.3 Å². The summed E-state index contributed by atoms with van der Waals surface area (Å²) >= 11 is 5.27. The Balaban J connectivity index is 2.06. The molecule has 0 spiro atoms. The fourth-order valence-electron chi connectivity index (χ4n) is 1.27. The minimum atomic E-state index is 1.06. The van der Waals surface area contributed by atoms with Crippen LogP contribution in [0.4, 0.5) is 0 Å². The molecule has 0 aliphatic rings. The van der Waals surface area contributed by atoms with Crippen LogP contribution in [0.5, 0.6) is 0 Å². The molecule has 0 radical (unpaired) electrons. The van der Waals surface area contributed by atoms with Crippen LogP contribution < -0.4 is 5.32 Å². The van der Waals surface area contributed by atoms with Gasteiger partial charge >= 0.3 is 0 Å². The molecule has 1 rings (SSSR count). The number of hydrogen-bond acceptors (Lipinski definition) is 2. The molecule has 0 atom stereocenters. The first-order valence-corrected chi connectivity index (χ1v) is 7.09. The highest BCUT2D eigenvalue weighted by molar-refractivity contribution is 9.10. The highest BCUT2D eigenvalue weighted by Gasteiger charge is 1.93. The van der Waals surface area contributed by atoms with Crippen molar-refractivity contribution >= 4 is 27.3 Å². The molecule has 3 heteroatoms. The fraction of sp³-hybridized carbons (Fsp3) is 0.500. The van der Waals surface area contributed by atoms with E-state index in [2.05, 4.69) is 51.8 Å². The lowest BCUT2D eigenvalue weighted by molar-refractivity contribution is 0.678. The average molecular weight is 288 g/mol. The summed E-state index contributed by atoms with van der Waals surface area (Å²) in [5, 5.41) is 5.51. The standard InChI is InChI=1S/C12H18BrNS/c1-2-7-14-8-5-3-4-6-12-9-11(13)10-15-12/h3-4,9-10,14H,2,5-8H2,1H3. The van der Waals surface area contributed by atoms with Gasteiger partial charge in [-0.25, -0.2) is 0 Å². The second-order valence-corrected chi connectivity index (χ2v) is 5.36. The molecule has 0 amide bonds. The van der Waals surface area contributed by atoms with E-state index in [0.29, 0.717) is 0 Å². The number of halogens is 1. The first-order chi connectivity index (χ1) is 7.33. The van der Waals surface area contributed by atoms with Gasteiger partial charge < -0.3 is 5.32 Å². The Morgan fingerprint density at radius 2 is 2.27 bits per heavy atom. The third kappa shape index (κ3) is 6.13. The first kappa shape index (κ1) is 12.9. The summed E-state index contributed by atoms with van der Waals surface area (Å²) in [7, 11) is 0. The monoisotopic (exact) mass is 287 g/mol. The Morgan fingerprint density at radius 1 is 1.40 bits per heavy atom. The van der Waals surface area contributed by atoms with Gasteiger partial charge in [-0.15, -0.1) is 11.3 Å². The molecule has 1 nitrogen and oxygen atoms in total. The predicted octanol–water partition coefficient (Wildman–Crippen LogP) is 4.00. The summed E-state index contributed by atoms with van der Waals surface area (Å²) in [4.78, 5) is 1.42. The molecular weight excluding hydrogens is 270 g/mol. The normalized spacial score (nSPS) is 11.3. The Morgan fingerprint density at radius 3 is 2.93 bits per heavy atom. The Hall–Kier alpha value is -0.120. The second-order valence-electron chi connectivity index (χ2n) is 3.45. The zero-order valence-corrected chi connectivity index (χ0v) is 11.5. The molecule has 84 valence electrons. The van der Waals surface area contributed by atoms with Crippen LogP contribution >= 0.6 is 27.3 Å². The largest absolute Gasteiger partial charge is 0.316 e. The maximum absolute atomic E-state index is 3.46. The molecule has 0 aliphatic heterocycles. The van der Waals surface area contributed by atoms with Crippen LogP contribution in [0.3, 0.4) is 0 Å². The van der Waals surface area contributed by atoms with Gasteiger partial charge in [-0.1, -0.05) is 19.1 Å². The zero-order chi connectivity index (χ0) is 10.9. The quantitative estimate of drug-likeness (QED) is 0.590. The molecule has 1 aromatic heterocycles. The van der Waals surface area contributed by atoms with Crippen molar-refractivity contribution in [3.8, 4) is 0 Å². The lowest BCUT2D eigenvalue weighted by Gasteiger charge is -1.97. The SMILES string of the molecule is CCCNCCC=CCc1cc(Br)cs1. The molecule has 1 N–H and O–H groups in total. The summed E-state index contributed by atoms with van der Waals surface area (Å²) in [6.07, 6.45) is 7.92. The highest BCUT2D eigenvalue weighted by atomic mass is 79.9. The van der Waals surface area contributed by atoms with Crippen LogP contribution in [0.15, 0.2) is 28.1 Å². The number of nitrogens with one attached hydrogen (secondary N) is 1. The van der Waals surface area contributed by atoms with Gasteiger partial charge in [0.1, 0.15) is 0 Å². The molecule has 1 aromatic rings. The summed E-state index contributed by atoms with van der Waals surface area (Å²) in [6.45, 7) is 4.42. The molecule has 0 aromatic carbocycles. The van der Waals surface area contributed by atoms with E-state index >= 15 is 0 Å². The lowest BCUT2D eigenvalue weighted by atomic mass is 10.3. The Labute approximate surface area is 105 Å². The zero-order valence-electron chi connectivity index (χ0n) is 9.13. The van der Waals surface area contributed by atoms with Crippen LogP contribution in [0.25, 0.3) is 0 Å². The summed E-state index contributed by atoms with van der Waals surface area (Å²) in [5.41, 5.74) is 0. The van der Waals surface area contributed by atoms with Crippen molar-refractivity contribution in [2.75, 3.05) is 13.1 Å². The van der Waals surface area contributed by atoms with Gasteiger partial charge in [0.2, 0.25) is 0 Å². The summed E-state index contributed by atoms with van der Waals surface area (Å²) < 4.78 is 1.19. The van der Waals surface area contributed by atoms with Crippen LogP contribution in [-0.4, -0.2) is 13.1 Å². The van der Waals surface area contributed by atoms with Crippen molar-refractivity contribution in [1.82, 2.24) is 5.32 Å². The minimum absolute atomic E-state index is 1.06. The van der Waals surface area contributed by atoms with Gasteiger partial charge in [0.05, 0.1) is 0 Å². The molecular formula is C12H18BrNS. The molecule has 15 heavy (non-hydrogen) atoms. The van der Waals surface area contributed by atoms with Crippen LogP contribution in [0.1, 0.15) is 24.6 Å². The van der Waals surface area contributed by atoms with Gasteiger partial charge in [-0.2, -0.15) is 0 Å². The van der Waals surface area contributed by atoms with E-state index in [0.717, 1.165) is 25.9 Å². The topological polar surface area (TPSA) is 12.0 Å². The van der Waals surface area contributed by atoms with Crippen molar-refractivity contribution in [1.29, 1.82) is 0 Å². The van der Waals surface area contributed by atoms with Crippen molar-refractivity contribution in [3.05, 3.63) is 32.9 Å².